The number of nitrogens with zero attached hydrogens (tertiary/aromatic N) is 1. The minimum Gasteiger partial charge on any atom is -0.271 e. The highest BCUT2D eigenvalue weighted by Gasteiger charge is 2.03. The topological polar surface area (TPSA) is 78.6 Å². The maximum absolute atomic E-state index is 11.4. The van der Waals surface area contributed by atoms with Crippen LogP contribution in [0.15, 0.2) is 45.5 Å². The second-order valence-corrected chi connectivity index (χ2v) is 4.51. The molecule has 6 heteroatoms. The number of hydrogen-bond donors (Lipinski definition) is 2. The molecule has 1 aromatic carbocycles. The van der Waals surface area contributed by atoms with Crippen LogP contribution in [-0.4, -0.2) is 15.2 Å². The van der Waals surface area contributed by atoms with Gasteiger partial charge in [0, 0.05) is 5.75 Å². The molecule has 1 heterocycles. The Kier molecular flexibility index (Phi) is 3.78. The van der Waals surface area contributed by atoms with Crippen LogP contribution in [-0.2, 0) is 5.75 Å². The Hall–Kier alpha value is -2.08. The average molecular weight is 261 g/mol. The van der Waals surface area contributed by atoms with Gasteiger partial charge >= 0.3 is 5.69 Å². The first kappa shape index (κ1) is 12.4. The van der Waals surface area contributed by atoms with Gasteiger partial charge in [0.15, 0.2) is 5.03 Å². The molecule has 0 atom stereocenters. The zero-order valence-electron chi connectivity index (χ0n) is 9.47. The van der Waals surface area contributed by atoms with E-state index in [-0.39, 0.29) is 5.03 Å². The van der Waals surface area contributed by atoms with Crippen LogP contribution >= 0.6 is 11.8 Å². The summed E-state index contributed by atoms with van der Waals surface area (Å²) in [5, 5.41) is 6.14. The summed E-state index contributed by atoms with van der Waals surface area (Å²) in [6.07, 6.45) is 1.77. The van der Waals surface area contributed by atoms with Crippen molar-refractivity contribution < 1.29 is 0 Å². The van der Waals surface area contributed by atoms with Gasteiger partial charge in [-0.25, -0.2) is 9.89 Å². The summed E-state index contributed by atoms with van der Waals surface area (Å²) in [7, 11) is 0. The molecular weight excluding hydrogens is 250 g/mol. The Labute approximate surface area is 107 Å². The molecule has 2 N–H and O–H groups in total. The van der Waals surface area contributed by atoms with Gasteiger partial charge in [-0.1, -0.05) is 48.7 Å². The number of H-pyrrole nitrogens is 2. The van der Waals surface area contributed by atoms with Gasteiger partial charge in [0.25, 0.3) is 5.56 Å². The van der Waals surface area contributed by atoms with E-state index in [2.05, 4.69) is 21.8 Å². The molecule has 2 rings (SSSR count). The van der Waals surface area contributed by atoms with Crippen LogP contribution in [0.4, 0.5) is 0 Å². The second kappa shape index (κ2) is 5.50. The lowest BCUT2D eigenvalue weighted by Crippen LogP contribution is -2.24. The van der Waals surface area contributed by atoms with Gasteiger partial charge in [0.1, 0.15) is 0 Å². The largest absolute Gasteiger partial charge is 0.342 e. The SMILES string of the molecule is C=Cc1ccc(CSc2n[nH]c(=O)[nH]c2=O)cc1. The molecule has 0 saturated carbocycles. The first-order valence-corrected chi connectivity index (χ1v) is 6.21. The summed E-state index contributed by atoms with van der Waals surface area (Å²) >= 11 is 1.27. The number of thioether (sulfide) groups is 1. The Bertz CT molecular complexity index is 658. The summed E-state index contributed by atoms with van der Waals surface area (Å²) in [6, 6.07) is 7.83. The molecule has 2 aromatic rings. The van der Waals surface area contributed by atoms with Gasteiger partial charge < -0.3 is 0 Å². The molecule has 0 amide bonds. The zero-order valence-corrected chi connectivity index (χ0v) is 10.3. The van der Waals surface area contributed by atoms with Crippen LogP contribution < -0.4 is 11.2 Å². The molecule has 0 unspecified atom stereocenters. The van der Waals surface area contributed by atoms with Crippen LogP contribution in [0.3, 0.4) is 0 Å². The van der Waals surface area contributed by atoms with Crippen molar-refractivity contribution >= 4 is 17.8 Å². The molecule has 0 radical (unpaired) electrons. The third-order valence-electron chi connectivity index (χ3n) is 2.27. The first-order chi connectivity index (χ1) is 8.69. The quantitative estimate of drug-likeness (QED) is 0.815. The minimum absolute atomic E-state index is 0.252. The maximum Gasteiger partial charge on any atom is 0.342 e. The van der Waals surface area contributed by atoms with E-state index in [4.69, 9.17) is 0 Å². The fourth-order valence-electron chi connectivity index (χ4n) is 1.34. The van der Waals surface area contributed by atoms with Crippen LogP contribution in [0.1, 0.15) is 11.1 Å². The Balaban J connectivity index is 2.08. The molecule has 0 saturated heterocycles. The Morgan fingerprint density at radius 1 is 1.28 bits per heavy atom. The van der Waals surface area contributed by atoms with Crippen molar-refractivity contribution in [3.8, 4) is 0 Å². The van der Waals surface area contributed by atoms with E-state index >= 15 is 0 Å². The molecule has 0 fully saturated rings. The Morgan fingerprint density at radius 2 is 2.00 bits per heavy atom. The molecule has 1 aromatic heterocycles. The standard InChI is InChI=1S/C12H11N3O2S/c1-2-8-3-5-9(6-4-8)7-18-11-10(16)13-12(17)15-14-11/h2-6H,1,7H2,(H2,13,15,16,17). The molecule has 0 aliphatic rings. The van der Waals surface area contributed by atoms with Gasteiger partial charge in [0.05, 0.1) is 0 Å². The van der Waals surface area contributed by atoms with Crippen molar-refractivity contribution in [2.75, 3.05) is 0 Å². The van der Waals surface area contributed by atoms with Crippen molar-refractivity contribution in [2.45, 2.75) is 10.8 Å². The van der Waals surface area contributed by atoms with Crippen molar-refractivity contribution in [3.63, 3.8) is 0 Å². The van der Waals surface area contributed by atoms with Gasteiger partial charge in [-0.15, -0.1) is 0 Å². The average Bonchev–Trinajstić information content (AvgIpc) is 2.38. The number of hydrogen-bond acceptors (Lipinski definition) is 4. The number of aromatic amines is 2. The van der Waals surface area contributed by atoms with E-state index in [1.807, 2.05) is 24.3 Å². The summed E-state index contributed by atoms with van der Waals surface area (Å²) in [4.78, 5) is 24.3. The molecule has 18 heavy (non-hydrogen) atoms. The van der Waals surface area contributed by atoms with Gasteiger partial charge in [0.2, 0.25) is 0 Å². The monoisotopic (exact) mass is 261 g/mol. The number of aromatic nitrogens is 3. The minimum atomic E-state index is -0.598. The summed E-state index contributed by atoms with van der Waals surface area (Å²) in [6.45, 7) is 3.68. The fourth-order valence-corrected chi connectivity index (χ4v) is 2.12. The van der Waals surface area contributed by atoms with Crippen LogP contribution in [0.5, 0.6) is 0 Å². The molecule has 0 aliphatic carbocycles. The zero-order chi connectivity index (χ0) is 13.0. The van der Waals surface area contributed by atoms with Gasteiger partial charge in [-0.2, -0.15) is 5.10 Å². The van der Waals surface area contributed by atoms with Crippen LogP contribution in [0.25, 0.3) is 6.08 Å². The summed E-state index contributed by atoms with van der Waals surface area (Å²) in [5.41, 5.74) is 1.05. The number of benzene rings is 1. The highest BCUT2D eigenvalue weighted by Crippen LogP contribution is 2.17. The third-order valence-corrected chi connectivity index (χ3v) is 3.30. The molecule has 0 aliphatic heterocycles. The van der Waals surface area contributed by atoms with E-state index in [1.54, 1.807) is 6.08 Å². The summed E-state index contributed by atoms with van der Waals surface area (Å²) in [5.74, 6) is 0.611. The number of nitrogens with one attached hydrogen (secondary N) is 2. The van der Waals surface area contributed by atoms with Crippen molar-refractivity contribution in [1.29, 1.82) is 0 Å². The molecule has 92 valence electrons. The highest BCUT2D eigenvalue weighted by molar-refractivity contribution is 7.98. The Morgan fingerprint density at radius 3 is 2.61 bits per heavy atom. The molecule has 0 spiro atoms. The van der Waals surface area contributed by atoms with Crippen molar-refractivity contribution in [3.05, 3.63) is 62.8 Å². The third kappa shape index (κ3) is 2.98. The lowest BCUT2D eigenvalue weighted by Gasteiger charge is -2.00. The van der Waals surface area contributed by atoms with Crippen LogP contribution in [0.2, 0.25) is 0 Å². The fraction of sp³-hybridized carbons (Fsp3) is 0.0833. The number of rotatable bonds is 4. The molecule has 5 nitrogen and oxygen atoms in total. The second-order valence-electron chi connectivity index (χ2n) is 3.55. The summed E-state index contributed by atoms with van der Waals surface area (Å²) < 4.78 is 0. The lowest BCUT2D eigenvalue weighted by atomic mass is 10.1. The normalized spacial score (nSPS) is 10.2. The van der Waals surface area contributed by atoms with E-state index in [0.29, 0.717) is 5.75 Å². The first-order valence-electron chi connectivity index (χ1n) is 5.22. The van der Waals surface area contributed by atoms with Crippen molar-refractivity contribution in [2.24, 2.45) is 0 Å². The van der Waals surface area contributed by atoms with E-state index in [9.17, 15) is 9.59 Å². The maximum atomic E-state index is 11.4. The smallest absolute Gasteiger partial charge is 0.271 e. The van der Waals surface area contributed by atoms with Gasteiger partial charge in [-0.3, -0.25) is 9.78 Å². The predicted molar refractivity (Wildman–Crippen MR) is 71.6 cm³/mol. The highest BCUT2D eigenvalue weighted by atomic mass is 32.2. The predicted octanol–water partition coefficient (Wildman–Crippen LogP) is 1.39. The van der Waals surface area contributed by atoms with E-state index in [1.165, 1.54) is 11.8 Å². The van der Waals surface area contributed by atoms with E-state index < -0.39 is 11.2 Å². The van der Waals surface area contributed by atoms with Gasteiger partial charge in [-0.05, 0) is 11.1 Å². The van der Waals surface area contributed by atoms with Crippen molar-refractivity contribution in [1.82, 2.24) is 15.2 Å². The van der Waals surface area contributed by atoms with E-state index in [0.717, 1.165) is 11.1 Å². The van der Waals surface area contributed by atoms with Crippen LogP contribution in [0, 0.1) is 0 Å². The lowest BCUT2D eigenvalue weighted by molar-refractivity contribution is 0.807. The molecular formula is C12H11N3O2S. The molecule has 0 bridgehead atoms.